The van der Waals surface area contributed by atoms with Gasteiger partial charge in [-0.05, 0) is 31.7 Å². The van der Waals surface area contributed by atoms with Crippen LogP contribution in [0.2, 0.25) is 0 Å². The van der Waals surface area contributed by atoms with Gasteiger partial charge in [-0.25, -0.2) is 0 Å². The van der Waals surface area contributed by atoms with E-state index in [9.17, 15) is 0 Å². The highest BCUT2D eigenvalue weighted by Gasteiger charge is 2.13. The number of thiol groups is 1. The summed E-state index contributed by atoms with van der Waals surface area (Å²) in [6.07, 6.45) is 5.25. The quantitative estimate of drug-likeness (QED) is 0.593. The maximum Gasteiger partial charge on any atom is 0.0103 e. The Bertz CT molecular complexity index is 102. The Morgan fingerprint density at radius 2 is 1.69 bits per heavy atom. The zero-order valence-electron chi connectivity index (χ0n) is 9.42. The molecule has 0 heterocycles. The molecule has 1 atom stereocenters. The van der Waals surface area contributed by atoms with E-state index in [-0.39, 0.29) is 0 Å². The van der Waals surface area contributed by atoms with Crippen LogP contribution < -0.4 is 0 Å². The molecule has 0 aliphatic heterocycles. The van der Waals surface area contributed by atoms with Crippen LogP contribution in [-0.4, -0.2) is 29.8 Å². The molecule has 0 N–H and O–H groups in total. The monoisotopic (exact) mass is 203 g/mol. The maximum absolute atomic E-state index is 4.33. The SMILES string of the molecule is CCCCC(CCS)N(CC)CC. The molecule has 2 heteroatoms. The van der Waals surface area contributed by atoms with Gasteiger partial charge in [0.05, 0.1) is 0 Å². The van der Waals surface area contributed by atoms with Crippen molar-refractivity contribution in [2.75, 3.05) is 18.8 Å². The Hall–Kier alpha value is 0.310. The molecule has 0 aliphatic rings. The highest BCUT2D eigenvalue weighted by atomic mass is 32.1. The standard InChI is InChI=1S/C11H25NS/c1-4-7-8-11(9-10-13)12(5-2)6-3/h11,13H,4-10H2,1-3H3. The van der Waals surface area contributed by atoms with E-state index in [2.05, 4.69) is 38.3 Å². The van der Waals surface area contributed by atoms with Crippen LogP contribution in [0.4, 0.5) is 0 Å². The first-order valence-electron chi connectivity index (χ1n) is 5.64. The van der Waals surface area contributed by atoms with Crippen molar-refractivity contribution in [3.63, 3.8) is 0 Å². The fraction of sp³-hybridized carbons (Fsp3) is 1.00. The molecule has 80 valence electrons. The summed E-state index contributed by atoms with van der Waals surface area (Å²) < 4.78 is 0. The fourth-order valence-corrected chi connectivity index (χ4v) is 2.14. The van der Waals surface area contributed by atoms with Crippen LogP contribution in [0.3, 0.4) is 0 Å². The third-order valence-corrected chi connectivity index (χ3v) is 2.94. The topological polar surface area (TPSA) is 3.24 Å². The Labute approximate surface area is 89.3 Å². The Morgan fingerprint density at radius 1 is 1.08 bits per heavy atom. The van der Waals surface area contributed by atoms with Gasteiger partial charge in [0.15, 0.2) is 0 Å². The Morgan fingerprint density at radius 3 is 2.08 bits per heavy atom. The molecule has 0 spiro atoms. The highest BCUT2D eigenvalue weighted by Crippen LogP contribution is 2.12. The summed E-state index contributed by atoms with van der Waals surface area (Å²) in [5.41, 5.74) is 0. The summed E-state index contributed by atoms with van der Waals surface area (Å²) in [5.74, 6) is 1.02. The lowest BCUT2D eigenvalue weighted by Crippen LogP contribution is -2.35. The van der Waals surface area contributed by atoms with Gasteiger partial charge in [-0.1, -0.05) is 33.6 Å². The number of unbranched alkanes of at least 4 members (excludes halogenated alkanes) is 1. The van der Waals surface area contributed by atoms with Crippen molar-refractivity contribution in [2.45, 2.75) is 52.5 Å². The fourth-order valence-electron chi connectivity index (χ4n) is 1.84. The molecule has 13 heavy (non-hydrogen) atoms. The van der Waals surface area contributed by atoms with Gasteiger partial charge in [-0.3, -0.25) is 0 Å². The number of nitrogens with zero attached hydrogens (tertiary/aromatic N) is 1. The van der Waals surface area contributed by atoms with Gasteiger partial charge < -0.3 is 4.90 Å². The van der Waals surface area contributed by atoms with Crippen molar-refractivity contribution in [3.8, 4) is 0 Å². The summed E-state index contributed by atoms with van der Waals surface area (Å²) in [5, 5.41) is 0. The van der Waals surface area contributed by atoms with Crippen molar-refractivity contribution < 1.29 is 0 Å². The largest absolute Gasteiger partial charge is 0.301 e. The van der Waals surface area contributed by atoms with Crippen LogP contribution in [0.5, 0.6) is 0 Å². The average molecular weight is 203 g/mol. The molecule has 0 rings (SSSR count). The molecular formula is C11H25NS. The molecule has 0 fully saturated rings. The first-order chi connectivity index (χ1) is 6.29. The van der Waals surface area contributed by atoms with Crippen LogP contribution in [-0.2, 0) is 0 Å². The molecule has 0 amide bonds. The molecule has 0 saturated heterocycles. The second-order valence-electron chi connectivity index (χ2n) is 3.53. The lowest BCUT2D eigenvalue weighted by molar-refractivity contribution is 0.199. The van der Waals surface area contributed by atoms with Gasteiger partial charge in [0, 0.05) is 6.04 Å². The Kier molecular flexibility index (Phi) is 9.10. The van der Waals surface area contributed by atoms with E-state index >= 15 is 0 Å². The van der Waals surface area contributed by atoms with Gasteiger partial charge in [0.2, 0.25) is 0 Å². The lowest BCUT2D eigenvalue weighted by Gasteiger charge is -2.29. The van der Waals surface area contributed by atoms with Gasteiger partial charge in [-0.15, -0.1) is 0 Å². The molecule has 0 radical (unpaired) electrons. The van der Waals surface area contributed by atoms with Crippen molar-refractivity contribution in [1.29, 1.82) is 0 Å². The summed E-state index contributed by atoms with van der Waals surface area (Å²) in [7, 11) is 0. The maximum atomic E-state index is 4.33. The second-order valence-corrected chi connectivity index (χ2v) is 3.98. The first-order valence-corrected chi connectivity index (χ1v) is 6.28. The molecular weight excluding hydrogens is 178 g/mol. The zero-order valence-corrected chi connectivity index (χ0v) is 10.3. The first kappa shape index (κ1) is 13.3. The van der Waals surface area contributed by atoms with Crippen LogP contribution in [0.15, 0.2) is 0 Å². The summed E-state index contributed by atoms with van der Waals surface area (Å²) in [4.78, 5) is 2.56. The van der Waals surface area contributed by atoms with E-state index in [1.165, 1.54) is 38.8 Å². The van der Waals surface area contributed by atoms with Gasteiger partial charge in [-0.2, -0.15) is 12.6 Å². The van der Waals surface area contributed by atoms with Crippen molar-refractivity contribution in [1.82, 2.24) is 4.90 Å². The molecule has 1 unspecified atom stereocenters. The number of rotatable bonds is 8. The summed E-state index contributed by atoms with van der Waals surface area (Å²) in [6, 6.07) is 0.771. The molecule has 1 nitrogen and oxygen atoms in total. The van der Waals surface area contributed by atoms with Crippen molar-refractivity contribution >= 4 is 12.6 Å². The summed E-state index contributed by atoms with van der Waals surface area (Å²) >= 11 is 4.33. The predicted molar refractivity (Wildman–Crippen MR) is 64.7 cm³/mol. The van der Waals surface area contributed by atoms with Crippen LogP contribution in [0.1, 0.15) is 46.5 Å². The minimum absolute atomic E-state index is 0.771. The molecule has 0 aromatic rings. The lowest BCUT2D eigenvalue weighted by atomic mass is 10.1. The van der Waals surface area contributed by atoms with E-state index in [1.54, 1.807) is 0 Å². The summed E-state index contributed by atoms with van der Waals surface area (Å²) in [6.45, 7) is 9.12. The minimum Gasteiger partial charge on any atom is -0.301 e. The molecule has 0 aromatic heterocycles. The third kappa shape index (κ3) is 5.58. The van der Waals surface area contributed by atoms with Crippen molar-refractivity contribution in [3.05, 3.63) is 0 Å². The second kappa shape index (κ2) is 8.89. The van der Waals surface area contributed by atoms with Gasteiger partial charge in [0.1, 0.15) is 0 Å². The van der Waals surface area contributed by atoms with Crippen LogP contribution in [0, 0.1) is 0 Å². The normalized spacial score (nSPS) is 13.6. The smallest absolute Gasteiger partial charge is 0.0103 e. The highest BCUT2D eigenvalue weighted by molar-refractivity contribution is 7.80. The zero-order chi connectivity index (χ0) is 10.1. The van der Waals surface area contributed by atoms with E-state index in [0.29, 0.717) is 0 Å². The third-order valence-electron chi connectivity index (χ3n) is 2.68. The van der Waals surface area contributed by atoms with Gasteiger partial charge in [0.25, 0.3) is 0 Å². The minimum atomic E-state index is 0.771. The van der Waals surface area contributed by atoms with Crippen molar-refractivity contribution in [2.24, 2.45) is 0 Å². The molecule has 0 aliphatic carbocycles. The average Bonchev–Trinajstić information content (AvgIpc) is 2.16. The van der Waals surface area contributed by atoms with E-state index in [4.69, 9.17) is 0 Å². The molecule has 0 saturated carbocycles. The van der Waals surface area contributed by atoms with E-state index in [1.807, 2.05) is 0 Å². The molecule has 0 aromatic carbocycles. The number of hydrogen-bond donors (Lipinski definition) is 1. The van der Waals surface area contributed by atoms with Crippen LogP contribution in [0.25, 0.3) is 0 Å². The van der Waals surface area contributed by atoms with E-state index in [0.717, 1.165) is 11.8 Å². The Balaban J connectivity index is 3.88. The molecule has 0 bridgehead atoms. The number of hydrogen-bond acceptors (Lipinski definition) is 2. The van der Waals surface area contributed by atoms with E-state index < -0.39 is 0 Å². The predicted octanol–water partition coefficient (Wildman–Crippen LogP) is 3.21. The van der Waals surface area contributed by atoms with Gasteiger partial charge >= 0.3 is 0 Å². The van der Waals surface area contributed by atoms with Crippen LogP contribution >= 0.6 is 12.6 Å².